The third-order valence-corrected chi connectivity index (χ3v) is 6.19. The fourth-order valence-electron chi connectivity index (χ4n) is 3.58. The van der Waals surface area contributed by atoms with Crippen molar-refractivity contribution in [2.75, 3.05) is 46.8 Å². The first-order valence-corrected chi connectivity index (χ1v) is 10.3. The lowest BCUT2D eigenvalue weighted by molar-refractivity contribution is 0.0748. The molecule has 1 amide bonds. The first-order chi connectivity index (χ1) is 14.2. The van der Waals surface area contributed by atoms with Crippen molar-refractivity contribution in [1.29, 1.82) is 0 Å². The quantitative estimate of drug-likeness (QED) is 0.739. The molecule has 0 bridgehead atoms. The molecule has 8 heteroatoms. The molecule has 29 heavy (non-hydrogen) atoms. The van der Waals surface area contributed by atoms with Gasteiger partial charge in [0, 0.05) is 23.9 Å². The highest BCUT2D eigenvalue weighted by atomic mass is 32.2. The van der Waals surface area contributed by atoms with Gasteiger partial charge in [0.25, 0.3) is 5.91 Å². The summed E-state index contributed by atoms with van der Waals surface area (Å²) >= 11 is 1.68. The molecule has 0 saturated carbocycles. The number of methoxy groups -OCH3 is 3. The maximum atomic E-state index is 13.5. The zero-order chi connectivity index (χ0) is 20.4. The number of ether oxygens (including phenoxy) is 5. The summed E-state index contributed by atoms with van der Waals surface area (Å²) < 4.78 is 27.8. The monoisotopic (exact) mass is 417 g/mol. The number of carbonyl (C=O) groups excluding carboxylic acids is 1. The van der Waals surface area contributed by atoms with Crippen molar-refractivity contribution >= 4 is 17.7 Å². The largest absolute Gasteiger partial charge is 0.496 e. The Kier molecular flexibility index (Phi) is 5.62. The zero-order valence-corrected chi connectivity index (χ0v) is 17.4. The van der Waals surface area contributed by atoms with E-state index in [2.05, 4.69) is 0 Å². The van der Waals surface area contributed by atoms with Crippen LogP contribution in [0.25, 0.3) is 0 Å². The predicted molar refractivity (Wildman–Crippen MR) is 110 cm³/mol. The normalized spacial score (nSPS) is 17.8. The maximum Gasteiger partial charge on any atom is 0.258 e. The van der Waals surface area contributed by atoms with Crippen LogP contribution in [0.1, 0.15) is 21.3 Å². The van der Waals surface area contributed by atoms with Gasteiger partial charge in [0.05, 0.1) is 26.9 Å². The fraction of sp³-hybridized carbons (Fsp3) is 0.381. The van der Waals surface area contributed by atoms with E-state index in [1.54, 1.807) is 45.2 Å². The first-order valence-electron chi connectivity index (χ1n) is 9.29. The lowest BCUT2D eigenvalue weighted by Gasteiger charge is -2.28. The van der Waals surface area contributed by atoms with Crippen LogP contribution >= 0.6 is 11.8 Å². The predicted octanol–water partition coefficient (Wildman–Crippen LogP) is 3.37. The second-order valence-electron chi connectivity index (χ2n) is 6.50. The van der Waals surface area contributed by atoms with E-state index in [1.807, 2.05) is 23.1 Å². The number of para-hydroxylation sites is 1. The van der Waals surface area contributed by atoms with Crippen molar-refractivity contribution in [1.82, 2.24) is 4.90 Å². The van der Waals surface area contributed by atoms with Crippen LogP contribution in [0.5, 0.6) is 28.7 Å². The van der Waals surface area contributed by atoms with Gasteiger partial charge in [-0.1, -0.05) is 6.07 Å². The van der Waals surface area contributed by atoms with E-state index in [9.17, 15) is 4.79 Å². The molecule has 2 heterocycles. The number of rotatable bonds is 5. The number of fused-ring (bicyclic) bond motifs is 1. The average molecular weight is 417 g/mol. The van der Waals surface area contributed by atoms with Gasteiger partial charge in [0.1, 0.15) is 24.3 Å². The topological polar surface area (TPSA) is 66.5 Å². The number of amides is 1. The molecule has 0 aliphatic carbocycles. The molecule has 0 spiro atoms. The maximum absolute atomic E-state index is 13.5. The second-order valence-corrected chi connectivity index (χ2v) is 7.69. The summed E-state index contributed by atoms with van der Waals surface area (Å²) in [6, 6.07) is 9.08. The Morgan fingerprint density at radius 1 is 1.03 bits per heavy atom. The third-order valence-electron chi connectivity index (χ3n) is 4.95. The van der Waals surface area contributed by atoms with Gasteiger partial charge < -0.3 is 28.6 Å². The van der Waals surface area contributed by atoms with Gasteiger partial charge in [-0.05, 0) is 18.2 Å². The van der Waals surface area contributed by atoms with Crippen molar-refractivity contribution in [2.24, 2.45) is 0 Å². The van der Waals surface area contributed by atoms with Crippen molar-refractivity contribution in [2.45, 2.75) is 5.37 Å². The van der Waals surface area contributed by atoms with Crippen LogP contribution in [-0.4, -0.2) is 57.6 Å². The molecular formula is C21H23NO6S. The summed E-state index contributed by atoms with van der Waals surface area (Å²) in [5.74, 6) is 3.66. The molecule has 1 unspecified atom stereocenters. The molecule has 1 atom stereocenters. The molecule has 1 saturated heterocycles. The van der Waals surface area contributed by atoms with E-state index in [0.29, 0.717) is 54.1 Å². The van der Waals surface area contributed by atoms with Crippen molar-refractivity contribution in [3.8, 4) is 28.7 Å². The lowest BCUT2D eigenvalue weighted by atomic mass is 10.1. The molecule has 0 aromatic heterocycles. The Labute approximate surface area is 173 Å². The Balaban J connectivity index is 1.71. The Hall–Kier alpha value is -2.74. The summed E-state index contributed by atoms with van der Waals surface area (Å²) in [5.41, 5.74) is 1.37. The van der Waals surface area contributed by atoms with Crippen LogP contribution in [0.15, 0.2) is 30.3 Å². The van der Waals surface area contributed by atoms with E-state index in [0.717, 1.165) is 11.3 Å². The van der Waals surface area contributed by atoms with E-state index >= 15 is 0 Å². The summed E-state index contributed by atoms with van der Waals surface area (Å²) in [4.78, 5) is 15.3. The van der Waals surface area contributed by atoms with Crippen molar-refractivity contribution in [3.63, 3.8) is 0 Å². The highest BCUT2D eigenvalue weighted by Crippen LogP contribution is 2.47. The van der Waals surface area contributed by atoms with Gasteiger partial charge in [-0.25, -0.2) is 0 Å². The van der Waals surface area contributed by atoms with E-state index in [4.69, 9.17) is 23.7 Å². The SMILES string of the molecule is COc1cc(OC)c(C2SCCN2C(=O)c2cccc3c2OCCO3)cc1OC. The smallest absolute Gasteiger partial charge is 0.258 e. The number of carbonyl (C=O) groups is 1. The van der Waals surface area contributed by atoms with Crippen LogP contribution in [-0.2, 0) is 0 Å². The molecule has 154 valence electrons. The molecule has 0 N–H and O–H groups in total. The fourth-order valence-corrected chi connectivity index (χ4v) is 4.85. The van der Waals surface area contributed by atoms with Gasteiger partial charge >= 0.3 is 0 Å². The minimum atomic E-state index is -0.211. The molecular weight excluding hydrogens is 394 g/mol. The van der Waals surface area contributed by atoms with Gasteiger partial charge in [-0.2, -0.15) is 0 Å². The van der Waals surface area contributed by atoms with E-state index in [1.165, 1.54) is 0 Å². The average Bonchev–Trinajstić information content (AvgIpc) is 3.26. The summed E-state index contributed by atoms with van der Waals surface area (Å²) in [6.45, 7) is 1.53. The molecule has 2 aromatic carbocycles. The second kappa shape index (κ2) is 8.32. The molecule has 4 rings (SSSR count). The summed E-state index contributed by atoms with van der Waals surface area (Å²) in [6.07, 6.45) is 0. The van der Waals surface area contributed by atoms with Crippen LogP contribution in [0.2, 0.25) is 0 Å². The van der Waals surface area contributed by atoms with Gasteiger partial charge in [0.2, 0.25) is 0 Å². The number of hydrogen-bond acceptors (Lipinski definition) is 7. The number of thioether (sulfide) groups is 1. The Morgan fingerprint density at radius 2 is 1.76 bits per heavy atom. The van der Waals surface area contributed by atoms with Crippen LogP contribution in [0.3, 0.4) is 0 Å². The van der Waals surface area contributed by atoms with Crippen molar-refractivity contribution in [3.05, 3.63) is 41.5 Å². The molecule has 2 aliphatic heterocycles. The number of hydrogen-bond donors (Lipinski definition) is 0. The molecule has 2 aromatic rings. The Bertz CT molecular complexity index is 918. The van der Waals surface area contributed by atoms with E-state index in [-0.39, 0.29) is 11.3 Å². The van der Waals surface area contributed by atoms with Crippen LogP contribution in [0.4, 0.5) is 0 Å². The number of benzene rings is 2. The minimum absolute atomic E-state index is 0.0980. The summed E-state index contributed by atoms with van der Waals surface area (Å²) in [5, 5.41) is -0.211. The highest BCUT2D eigenvalue weighted by Gasteiger charge is 2.36. The van der Waals surface area contributed by atoms with Crippen LogP contribution in [0, 0.1) is 0 Å². The van der Waals surface area contributed by atoms with Gasteiger partial charge in [-0.15, -0.1) is 11.8 Å². The molecule has 1 fully saturated rings. The molecule has 2 aliphatic rings. The number of nitrogens with zero attached hydrogens (tertiary/aromatic N) is 1. The zero-order valence-electron chi connectivity index (χ0n) is 16.6. The highest BCUT2D eigenvalue weighted by molar-refractivity contribution is 7.99. The van der Waals surface area contributed by atoms with Crippen LogP contribution < -0.4 is 23.7 Å². The lowest BCUT2D eigenvalue weighted by Crippen LogP contribution is -2.31. The third kappa shape index (κ3) is 3.53. The van der Waals surface area contributed by atoms with Gasteiger partial charge in [0.15, 0.2) is 23.0 Å². The summed E-state index contributed by atoms with van der Waals surface area (Å²) in [7, 11) is 4.78. The standard InChI is InChI=1S/C21H23NO6S/c1-24-16-12-18(26-3)17(25-2)11-14(16)21-22(7-10-29-21)20(23)13-5-4-6-15-19(13)28-9-8-27-15/h4-6,11-12,21H,7-10H2,1-3H3. The molecule has 7 nitrogen and oxygen atoms in total. The van der Waals surface area contributed by atoms with E-state index < -0.39 is 0 Å². The molecule has 0 radical (unpaired) electrons. The van der Waals surface area contributed by atoms with Gasteiger partial charge in [-0.3, -0.25) is 4.79 Å². The Morgan fingerprint density at radius 3 is 2.52 bits per heavy atom. The first kappa shape index (κ1) is 19.6. The van der Waals surface area contributed by atoms with Crippen molar-refractivity contribution < 1.29 is 28.5 Å². The minimum Gasteiger partial charge on any atom is -0.496 e.